The normalized spacial score (nSPS) is 27.4. The summed E-state index contributed by atoms with van der Waals surface area (Å²) in [6.07, 6.45) is 5.52. The quantitative estimate of drug-likeness (QED) is 0.652. The van der Waals surface area contributed by atoms with Gasteiger partial charge in [0, 0.05) is 13.1 Å². The molecular weight excluding hydrogens is 184 g/mol. The third kappa shape index (κ3) is 4.98. The van der Waals surface area contributed by atoms with Gasteiger partial charge in [-0.1, -0.05) is 26.7 Å². The van der Waals surface area contributed by atoms with Crippen LogP contribution >= 0.6 is 0 Å². The highest BCUT2D eigenvalue weighted by Gasteiger charge is 2.24. The average Bonchev–Trinajstić information content (AvgIpc) is 2.52. The molecule has 2 nitrogen and oxygen atoms in total. The molecule has 15 heavy (non-hydrogen) atoms. The van der Waals surface area contributed by atoms with E-state index in [-0.39, 0.29) is 0 Å². The molecule has 0 aliphatic carbocycles. The van der Waals surface area contributed by atoms with Gasteiger partial charge in [0.25, 0.3) is 0 Å². The van der Waals surface area contributed by atoms with Crippen LogP contribution in [0.1, 0.15) is 39.5 Å². The van der Waals surface area contributed by atoms with E-state index in [9.17, 15) is 0 Å². The Morgan fingerprint density at radius 3 is 2.20 bits per heavy atom. The lowest BCUT2D eigenvalue weighted by molar-refractivity contribution is 0.314. The van der Waals surface area contributed by atoms with E-state index in [0.717, 1.165) is 11.8 Å². The van der Waals surface area contributed by atoms with E-state index in [1.165, 1.54) is 51.9 Å². The highest BCUT2D eigenvalue weighted by atomic mass is 15.1. The Balaban J connectivity index is 1.92. The number of hydrogen-bond acceptors (Lipinski definition) is 2. The first kappa shape index (κ1) is 13.0. The molecule has 2 atom stereocenters. The van der Waals surface area contributed by atoms with Crippen LogP contribution in [0.4, 0.5) is 0 Å². The first-order valence-electron chi connectivity index (χ1n) is 6.61. The molecule has 1 N–H and O–H groups in total. The molecule has 0 amide bonds. The molecule has 90 valence electrons. The molecule has 0 radical (unpaired) electrons. The highest BCUT2D eigenvalue weighted by Crippen LogP contribution is 2.22. The van der Waals surface area contributed by atoms with Gasteiger partial charge in [-0.3, -0.25) is 0 Å². The summed E-state index contributed by atoms with van der Waals surface area (Å²) < 4.78 is 0. The molecule has 0 aromatic heterocycles. The van der Waals surface area contributed by atoms with Crippen molar-refractivity contribution in [3.8, 4) is 0 Å². The van der Waals surface area contributed by atoms with Crippen LogP contribution in [0.3, 0.4) is 0 Å². The maximum atomic E-state index is 3.20. The molecule has 0 aromatic rings. The van der Waals surface area contributed by atoms with Gasteiger partial charge in [0.1, 0.15) is 0 Å². The van der Waals surface area contributed by atoms with Crippen molar-refractivity contribution in [3.05, 3.63) is 0 Å². The van der Waals surface area contributed by atoms with E-state index in [4.69, 9.17) is 0 Å². The first-order valence-corrected chi connectivity index (χ1v) is 6.61. The highest BCUT2D eigenvalue weighted by molar-refractivity contribution is 4.78. The second-order valence-corrected chi connectivity index (χ2v) is 5.23. The molecule has 1 rings (SSSR count). The topological polar surface area (TPSA) is 15.3 Å². The summed E-state index contributed by atoms with van der Waals surface area (Å²) in [6, 6.07) is 0. The van der Waals surface area contributed by atoms with Gasteiger partial charge in [-0.2, -0.15) is 0 Å². The Bertz CT molecular complexity index is 149. The second kappa shape index (κ2) is 7.24. The van der Waals surface area contributed by atoms with Crippen molar-refractivity contribution >= 4 is 0 Å². The maximum Gasteiger partial charge on any atom is 0.00102 e. The molecule has 2 unspecified atom stereocenters. The summed E-state index contributed by atoms with van der Waals surface area (Å²) in [5.41, 5.74) is 0. The van der Waals surface area contributed by atoms with Crippen LogP contribution in [0.2, 0.25) is 0 Å². The van der Waals surface area contributed by atoms with Gasteiger partial charge in [-0.15, -0.1) is 0 Å². The summed E-state index contributed by atoms with van der Waals surface area (Å²) in [7, 11) is 2.03. The van der Waals surface area contributed by atoms with Gasteiger partial charge in [0.15, 0.2) is 0 Å². The zero-order chi connectivity index (χ0) is 11.1. The van der Waals surface area contributed by atoms with Gasteiger partial charge in [-0.05, 0) is 44.8 Å². The van der Waals surface area contributed by atoms with Crippen molar-refractivity contribution in [2.75, 3.05) is 33.2 Å². The van der Waals surface area contributed by atoms with Crippen LogP contribution in [-0.4, -0.2) is 38.1 Å². The van der Waals surface area contributed by atoms with E-state index in [2.05, 4.69) is 24.1 Å². The minimum atomic E-state index is 0.911. The first-order chi connectivity index (χ1) is 7.24. The maximum absolute atomic E-state index is 3.20. The molecule has 1 aliphatic heterocycles. The third-order valence-electron chi connectivity index (χ3n) is 3.71. The molecule has 1 fully saturated rings. The van der Waals surface area contributed by atoms with Crippen molar-refractivity contribution in [1.82, 2.24) is 10.2 Å². The van der Waals surface area contributed by atoms with Crippen molar-refractivity contribution in [3.63, 3.8) is 0 Å². The Kier molecular flexibility index (Phi) is 6.26. The van der Waals surface area contributed by atoms with Crippen LogP contribution in [0, 0.1) is 11.8 Å². The number of hydrogen-bond donors (Lipinski definition) is 1. The van der Waals surface area contributed by atoms with E-state index in [1.807, 2.05) is 7.05 Å². The second-order valence-electron chi connectivity index (χ2n) is 5.23. The van der Waals surface area contributed by atoms with Crippen molar-refractivity contribution in [2.24, 2.45) is 11.8 Å². The fourth-order valence-corrected chi connectivity index (χ4v) is 2.42. The van der Waals surface area contributed by atoms with Crippen LogP contribution in [0.5, 0.6) is 0 Å². The summed E-state index contributed by atoms with van der Waals surface area (Å²) in [6.45, 7) is 9.94. The van der Waals surface area contributed by atoms with E-state index >= 15 is 0 Å². The number of nitrogens with one attached hydrogen (secondary N) is 1. The van der Waals surface area contributed by atoms with Crippen LogP contribution in [-0.2, 0) is 0 Å². The lowest BCUT2D eigenvalue weighted by Gasteiger charge is -2.14. The van der Waals surface area contributed by atoms with E-state index in [0.29, 0.717) is 0 Å². The molecular formula is C13H28N2. The zero-order valence-electron chi connectivity index (χ0n) is 10.8. The molecule has 0 spiro atoms. The van der Waals surface area contributed by atoms with Gasteiger partial charge in [0.05, 0.1) is 0 Å². The van der Waals surface area contributed by atoms with Crippen LogP contribution in [0.25, 0.3) is 0 Å². The fourth-order valence-electron chi connectivity index (χ4n) is 2.42. The molecule has 0 saturated carbocycles. The van der Waals surface area contributed by atoms with Crippen molar-refractivity contribution < 1.29 is 0 Å². The predicted molar refractivity (Wildman–Crippen MR) is 67.2 cm³/mol. The Hall–Kier alpha value is -0.0800. The lowest BCUT2D eigenvalue weighted by atomic mass is 10.0. The van der Waals surface area contributed by atoms with Crippen molar-refractivity contribution in [1.29, 1.82) is 0 Å². The fraction of sp³-hybridized carbons (Fsp3) is 1.00. The zero-order valence-corrected chi connectivity index (χ0v) is 10.8. The summed E-state index contributed by atoms with van der Waals surface area (Å²) in [5.74, 6) is 1.82. The summed E-state index contributed by atoms with van der Waals surface area (Å²) in [4.78, 5) is 2.65. The number of rotatable bonds is 7. The minimum absolute atomic E-state index is 0.911. The monoisotopic (exact) mass is 212 g/mol. The minimum Gasteiger partial charge on any atom is -0.320 e. The standard InChI is InChI=1S/C13H28N2/c1-12-10-15(11-13(12)2)9-7-5-4-6-8-14-3/h12-14H,4-11H2,1-3H3. The number of unbranched alkanes of at least 4 members (excludes halogenated alkanes) is 3. The molecule has 0 bridgehead atoms. The predicted octanol–water partition coefficient (Wildman–Crippen LogP) is 2.35. The van der Waals surface area contributed by atoms with Crippen LogP contribution < -0.4 is 5.32 Å². The van der Waals surface area contributed by atoms with Gasteiger partial charge in [0.2, 0.25) is 0 Å². The van der Waals surface area contributed by atoms with Gasteiger partial charge >= 0.3 is 0 Å². The van der Waals surface area contributed by atoms with E-state index in [1.54, 1.807) is 0 Å². The third-order valence-corrected chi connectivity index (χ3v) is 3.71. The van der Waals surface area contributed by atoms with Crippen molar-refractivity contribution in [2.45, 2.75) is 39.5 Å². The molecule has 2 heteroatoms. The largest absolute Gasteiger partial charge is 0.320 e. The molecule has 0 aromatic carbocycles. The Labute approximate surface area is 95.4 Å². The molecule has 1 saturated heterocycles. The van der Waals surface area contributed by atoms with E-state index < -0.39 is 0 Å². The SMILES string of the molecule is CNCCCCCCN1CC(C)C(C)C1. The number of nitrogens with zero attached hydrogens (tertiary/aromatic N) is 1. The van der Waals surface area contributed by atoms with Gasteiger partial charge in [-0.25, -0.2) is 0 Å². The molecule has 1 aliphatic rings. The Morgan fingerprint density at radius 1 is 1.00 bits per heavy atom. The summed E-state index contributed by atoms with van der Waals surface area (Å²) in [5, 5.41) is 3.20. The summed E-state index contributed by atoms with van der Waals surface area (Å²) >= 11 is 0. The molecule has 1 heterocycles. The van der Waals surface area contributed by atoms with Gasteiger partial charge < -0.3 is 10.2 Å². The Morgan fingerprint density at radius 2 is 1.60 bits per heavy atom. The van der Waals surface area contributed by atoms with Crippen LogP contribution in [0.15, 0.2) is 0 Å². The lowest BCUT2D eigenvalue weighted by Crippen LogP contribution is -2.21. The number of likely N-dealkylation sites (tertiary alicyclic amines) is 1. The average molecular weight is 212 g/mol. The smallest absolute Gasteiger partial charge is 0.00102 e.